The normalized spacial score (nSPS) is 21.5. The van der Waals surface area contributed by atoms with E-state index < -0.39 is 11.8 Å². The van der Waals surface area contributed by atoms with Crippen molar-refractivity contribution in [3.63, 3.8) is 0 Å². The van der Waals surface area contributed by atoms with Crippen LogP contribution in [0.5, 0.6) is 0 Å². The highest BCUT2D eigenvalue weighted by Gasteiger charge is 2.36. The number of ketones is 1. The van der Waals surface area contributed by atoms with Gasteiger partial charge in [-0.1, -0.05) is 6.07 Å². The van der Waals surface area contributed by atoms with Crippen molar-refractivity contribution >= 4 is 23.7 Å². The number of carbonyl (C=O) groups excluding carboxylic acids is 3. The van der Waals surface area contributed by atoms with Crippen LogP contribution >= 0.6 is 0 Å². The largest absolute Gasteiger partial charge is 0.465 e. The number of rotatable bonds is 6. The maximum Gasteiger partial charge on any atom is 0.254 e. The Morgan fingerprint density at radius 3 is 2.86 bits per heavy atom. The van der Waals surface area contributed by atoms with Crippen molar-refractivity contribution in [2.45, 2.75) is 44.9 Å². The predicted octanol–water partition coefficient (Wildman–Crippen LogP) is 2.04. The molecule has 0 bridgehead atoms. The van der Waals surface area contributed by atoms with Crippen LogP contribution in [0.2, 0.25) is 0 Å². The van der Waals surface area contributed by atoms with E-state index in [1.807, 2.05) is 42.2 Å². The molecule has 2 N–H and O–H groups in total. The number of Topliss-reactive ketones (excluding diaryl/α,β-unsaturated/α-hetero) is 1. The number of carbonyl (C=O) groups is 3. The average Bonchev–Trinajstić information content (AvgIpc) is 3.29. The molecule has 1 fully saturated rings. The van der Waals surface area contributed by atoms with Gasteiger partial charge in [-0.3, -0.25) is 14.4 Å². The SMILES string of the molecule is Cc1ccc(CNc2cccc3c2CN(C2CCC(C(=O)C=O)NC2)C3=O)o1. The summed E-state index contributed by atoms with van der Waals surface area (Å²) in [5.41, 5.74) is 2.63. The summed E-state index contributed by atoms with van der Waals surface area (Å²) in [6.45, 7) is 3.51. The minimum absolute atomic E-state index is 0.0103. The Morgan fingerprint density at radius 2 is 2.18 bits per heavy atom. The maximum absolute atomic E-state index is 12.9. The lowest BCUT2D eigenvalue weighted by atomic mass is 9.97. The Kier molecular flexibility index (Phi) is 5.00. The van der Waals surface area contributed by atoms with Gasteiger partial charge in [0.05, 0.1) is 12.6 Å². The van der Waals surface area contributed by atoms with E-state index in [2.05, 4.69) is 10.6 Å². The third-order valence-corrected chi connectivity index (χ3v) is 5.53. The van der Waals surface area contributed by atoms with Crippen LogP contribution in [0.1, 0.15) is 40.3 Å². The van der Waals surface area contributed by atoms with Gasteiger partial charge in [-0.15, -0.1) is 0 Å². The van der Waals surface area contributed by atoms with Crippen LogP contribution in [0.4, 0.5) is 5.69 Å². The highest BCUT2D eigenvalue weighted by molar-refractivity contribution is 6.27. The van der Waals surface area contributed by atoms with Gasteiger partial charge in [0.15, 0.2) is 6.29 Å². The summed E-state index contributed by atoms with van der Waals surface area (Å²) >= 11 is 0. The van der Waals surface area contributed by atoms with Crippen LogP contribution in [-0.4, -0.2) is 41.5 Å². The van der Waals surface area contributed by atoms with Crippen LogP contribution in [0.15, 0.2) is 34.7 Å². The molecule has 0 aliphatic carbocycles. The molecule has 0 spiro atoms. The molecule has 7 nitrogen and oxygen atoms in total. The summed E-state index contributed by atoms with van der Waals surface area (Å²) in [5.74, 6) is 1.31. The monoisotopic (exact) mass is 381 g/mol. The van der Waals surface area contributed by atoms with E-state index in [0.29, 0.717) is 44.3 Å². The molecule has 7 heteroatoms. The van der Waals surface area contributed by atoms with Crippen LogP contribution in [0, 0.1) is 6.92 Å². The smallest absolute Gasteiger partial charge is 0.254 e. The molecule has 1 aromatic heterocycles. The summed E-state index contributed by atoms with van der Waals surface area (Å²) in [7, 11) is 0. The van der Waals surface area contributed by atoms with E-state index in [1.54, 1.807) is 0 Å². The highest BCUT2D eigenvalue weighted by Crippen LogP contribution is 2.32. The number of furan rings is 1. The molecule has 2 aliphatic heterocycles. The van der Waals surface area contributed by atoms with Crippen LogP contribution in [-0.2, 0) is 22.7 Å². The lowest BCUT2D eigenvalue weighted by molar-refractivity contribution is -0.131. The summed E-state index contributed by atoms with van der Waals surface area (Å²) in [6.07, 6.45) is 1.63. The number of aldehydes is 1. The second-order valence-electron chi connectivity index (χ2n) is 7.34. The molecule has 2 unspecified atom stereocenters. The first-order valence-electron chi connectivity index (χ1n) is 9.51. The van der Waals surface area contributed by atoms with E-state index in [9.17, 15) is 14.4 Å². The lowest BCUT2D eigenvalue weighted by Gasteiger charge is -2.34. The average molecular weight is 381 g/mol. The van der Waals surface area contributed by atoms with E-state index in [4.69, 9.17) is 4.42 Å². The fraction of sp³-hybridized carbons (Fsp3) is 0.381. The first kappa shape index (κ1) is 18.4. The van der Waals surface area contributed by atoms with Crippen molar-refractivity contribution < 1.29 is 18.8 Å². The zero-order chi connectivity index (χ0) is 19.7. The molecular weight excluding hydrogens is 358 g/mol. The zero-order valence-electron chi connectivity index (χ0n) is 15.7. The summed E-state index contributed by atoms with van der Waals surface area (Å²) in [4.78, 5) is 37.0. The van der Waals surface area contributed by atoms with Crippen molar-refractivity contribution in [3.8, 4) is 0 Å². The van der Waals surface area contributed by atoms with E-state index in [1.165, 1.54) is 0 Å². The first-order valence-corrected chi connectivity index (χ1v) is 9.51. The van der Waals surface area contributed by atoms with Crippen LogP contribution < -0.4 is 10.6 Å². The second kappa shape index (κ2) is 7.59. The number of nitrogens with one attached hydrogen (secondary N) is 2. The summed E-state index contributed by atoms with van der Waals surface area (Å²) in [5, 5.41) is 6.48. The third kappa shape index (κ3) is 3.45. The Morgan fingerprint density at radius 1 is 1.32 bits per heavy atom. The molecule has 2 atom stereocenters. The molecule has 3 heterocycles. The summed E-state index contributed by atoms with van der Waals surface area (Å²) < 4.78 is 5.60. The molecular formula is C21H23N3O4. The number of nitrogens with zero attached hydrogens (tertiary/aromatic N) is 1. The number of hydrogen-bond donors (Lipinski definition) is 2. The van der Waals surface area contributed by atoms with Gasteiger partial charge in [-0.05, 0) is 44.0 Å². The molecule has 1 saturated heterocycles. The molecule has 146 valence electrons. The zero-order valence-corrected chi connectivity index (χ0v) is 15.7. The standard InChI is InChI=1S/C21H23N3O4/c1-13-5-7-15(28-13)10-23-18-4-2-3-16-17(18)11-24(21(16)27)14-6-8-19(22-9-14)20(26)12-25/h2-5,7,12,14,19,22-23H,6,8-11H2,1H3. The predicted molar refractivity (Wildman–Crippen MR) is 103 cm³/mol. The lowest BCUT2D eigenvalue weighted by Crippen LogP contribution is -2.52. The van der Waals surface area contributed by atoms with Crippen LogP contribution in [0.25, 0.3) is 0 Å². The van der Waals surface area contributed by atoms with Crippen molar-refractivity contribution in [2.75, 3.05) is 11.9 Å². The Balaban J connectivity index is 1.45. The Hall–Kier alpha value is -2.93. The van der Waals surface area contributed by atoms with Crippen molar-refractivity contribution in [2.24, 2.45) is 0 Å². The number of benzene rings is 1. The number of aryl methyl sites for hydroxylation is 1. The van der Waals surface area contributed by atoms with Gasteiger partial charge in [0, 0.05) is 35.9 Å². The number of fused-ring (bicyclic) bond motifs is 1. The molecule has 1 amide bonds. The van der Waals surface area contributed by atoms with Gasteiger partial charge in [0.25, 0.3) is 5.91 Å². The van der Waals surface area contributed by atoms with Gasteiger partial charge in [-0.2, -0.15) is 0 Å². The highest BCUT2D eigenvalue weighted by atomic mass is 16.3. The molecule has 1 aromatic carbocycles. The Bertz CT molecular complexity index is 912. The molecule has 2 aromatic rings. The first-order chi connectivity index (χ1) is 13.6. The quantitative estimate of drug-likeness (QED) is 0.588. The van der Waals surface area contributed by atoms with Gasteiger partial charge in [0.1, 0.15) is 11.5 Å². The van der Waals surface area contributed by atoms with E-state index >= 15 is 0 Å². The van der Waals surface area contributed by atoms with Gasteiger partial charge >= 0.3 is 0 Å². The minimum Gasteiger partial charge on any atom is -0.465 e. The molecule has 2 aliphatic rings. The fourth-order valence-corrected chi connectivity index (χ4v) is 4.01. The topological polar surface area (TPSA) is 91.7 Å². The number of amides is 1. The van der Waals surface area contributed by atoms with Gasteiger partial charge in [0.2, 0.25) is 5.78 Å². The van der Waals surface area contributed by atoms with Crippen LogP contribution in [0.3, 0.4) is 0 Å². The number of piperidine rings is 1. The molecule has 4 rings (SSSR count). The van der Waals surface area contributed by atoms with E-state index in [-0.39, 0.29) is 11.9 Å². The fourth-order valence-electron chi connectivity index (χ4n) is 4.01. The van der Waals surface area contributed by atoms with Gasteiger partial charge in [-0.25, -0.2) is 0 Å². The minimum atomic E-state index is -0.428. The second-order valence-corrected chi connectivity index (χ2v) is 7.34. The Labute approximate surface area is 163 Å². The van der Waals surface area contributed by atoms with Crippen molar-refractivity contribution in [3.05, 3.63) is 53.0 Å². The number of anilines is 1. The molecule has 0 saturated carbocycles. The van der Waals surface area contributed by atoms with Crippen molar-refractivity contribution in [1.29, 1.82) is 0 Å². The maximum atomic E-state index is 12.9. The molecule has 0 radical (unpaired) electrons. The van der Waals surface area contributed by atoms with Gasteiger partial charge < -0.3 is 20.0 Å². The third-order valence-electron chi connectivity index (χ3n) is 5.53. The number of hydrogen-bond acceptors (Lipinski definition) is 6. The summed E-state index contributed by atoms with van der Waals surface area (Å²) in [6, 6.07) is 9.16. The van der Waals surface area contributed by atoms with Crippen molar-refractivity contribution in [1.82, 2.24) is 10.2 Å². The molecule has 28 heavy (non-hydrogen) atoms. The van der Waals surface area contributed by atoms with E-state index in [0.717, 1.165) is 22.8 Å².